The second-order valence-electron chi connectivity index (χ2n) is 5.49. The molecule has 1 heterocycles. The molecule has 0 saturated heterocycles. The van der Waals surface area contributed by atoms with Gasteiger partial charge >= 0.3 is 5.97 Å². The summed E-state index contributed by atoms with van der Waals surface area (Å²) in [4.78, 5) is 11.0. The first-order valence-corrected chi connectivity index (χ1v) is 8.04. The molecule has 0 aliphatic heterocycles. The van der Waals surface area contributed by atoms with Gasteiger partial charge in [-0.15, -0.1) is 0 Å². The molecule has 114 valence electrons. The average Bonchev–Trinajstić information content (AvgIpc) is 2.82. The standard InChI is InChI=1S/C13H22N2O4S/c1-5-13(3,4)9-14-20(18,19)10-7-11(12(16)17)15(6-2)8-10/h7-8,14H,5-6,9H2,1-4H3,(H,16,17). The maximum absolute atomic E-state index is 12.2. The second-order valence-corrected chi connectivity index (χ2v) is 7.26. The molecule has 2 N–H and O–H groups in total. The summed E-state index contributed by atoms with van der Waals surface area (Å²) >= 11 is 0. The summed E-state index contributed by atoms with van der Waals surface area (Å²) in [6.07, 6.45) is 2.19. The van der Waals surface area contributed by atoms with Crippen LogP contribution >= 0.6 is 0 Å². The van der Waals surface area contributed by atoms with E-state index in [-0.39, 0.29) is 16.0 Å². The average molecular weight is 302 g/mol. The number of nitrogens with zero attached hydrogens (tertiary/aromatic N) is 1. The predicted molar refractivity (Wildman–Crippen MR) is 76.3 cm³/mol. The monoisotopic (exact) mass is 302 g/mol. The minimum Gasteiger partial charge on any atom is -0.477 e. The fourth-order valence-corrected chi connectivity index (χ4v) is 2.85. The maximum atomic E-state index is 12.2. The van der Waals surface area contributed by atoms with E-state index in [1.54, 1.807) is 6.92 Å². The lowest BCUT2D eigenvalue weighted by molar-refractivity contribution is 0.0685. The fourth-order valence-electron chi connectivity index (χ4n) is 1.57. The molecule has 0 aliphatic carbocycles. The minimum atomic E-state index is -3.68. The predicted octanol–water partition coefficient (Wildman–Crippen LogP) is 1.92. The number of sulfonamides is 1. The van der Waals surface area contributed by atoms with E-state index in [1.807, 2.05) is 20.8 Å². The summed E-state index contributed by atoms with van der Waals surface area (Å²) in [7, 11) is -3.68. The molecule has 20 heavy (non-hydrogen) atoms. The number of hydrogen-bond acceptors (Lipinski definition) is 3. The summed E-state index contributed by atoms with van der Waals surface area (Å²) in [6.45, 7) is 8.40. The summed E-state index contributed by atoms with van der Waals surface area (Å²) in [5, 5.41) is 9.04. The van der Waals surface area contributed by atoms with Gasteiger partial charge in [0.15, 0.2) is 0 Å². The fraction of sp³-hybridized carbons (Fsp3) is 0.615. The number of carbonyl (C=O) groups is 1. The van der Waals surface area contributed by atoms with Gasteiger partial charge in [-0.1, -0.05) is 20.8 Å². The molecule has 0 aliphatic rings. The molecule has 0 atom stereocenters. The van der Waals surface area contributed by atoms with Crippen molar-refractivity contribution in [3.8, 4) is 0 Å². The normalized spacial score (nSPS) is 12.6. The maximum Gasteiger partial charge on any atom is 0.352 e. The van der Waals surface area contributed by atoms with Crippen molar-refractivity contribution in [1.29, 1.82) is 0 Å². The molecule has 0 fully saturated rings. The van der Waals surface area contributed by atoms with E-state index in [2.05, 4.69) is 4.72 Å². The first kappa shape index (κ1) is 16.7. The van der Waals surface area contributed by atoms with E-state index in [4.69, 9.17) is 5.11 Å². The van der Waals surface area contributed by atoms with Crippen molar-refractivity contribution >= 4 is 16.0 Å². The zero-order chi connectivity index (χ0) is 15.6. The third kappa shape index (κ3) is 3.83. The number of nitrogens with one attached hydrogen (secondary N) is 1. The van der Waals surface area contributed by atoms with Gasteiger partial charge in [-0.05, 0) is 24.8 Å². The van der Waals surface area contributed by atoms with Gasteiger partial charge in [-0.2, -0.15) is 0 Å². The third-order valence-electron chi connectivity index (χ3n) is 3.44. The number of rotatable bonds is 7. The molecular formula is C13H22N2O4S. The van der Waals surface area contributed by atoms with Crippen LogP contribution in [0.4, 0.5) is 0 Å². The van der Waals surface area contributed by atoms with E-state index in [0.29, 0.717) is 13.1 Å². The first-order valence-electron chi connectivity index (χ1n) is 6.56. The van der Waals surface area contributed by atoms with Gasteiger partial charge in [0.25, 0.3) is 0 Å². The van der Waals surface area contributed by atoms with Gasteiger partial charge in [0.1, 0.15) is 10.6 Å². The lowest BCUT2D eigenvalue weighted by Gasteiger charge is -2.22. The number of aromatic nitrogens is 1. The van der Waals surface area contributed by atoms with E-state index >= 15 is 0 Å². The SMILES string of the molecule is CCn1cc(S(=O)(=O)NCC(C)(C)CC)cc1C(=O)O. The van der Waals surface area contributed by atoms with Crippen molar-refractivity contribution in [1.82, 2.24) is 9.29 Å². The molecule has 6 nitrogen and oxygen atoms in total. The van der Waals surface area contributed by atoms with Gasteiger partial charge < -0.3 is 9.67 Å². The largest absolute Gasteiger partial charge is 0.477 e. The topological polar surface area (TPSA) is 88.4 Å². The van der Waals surface area contributed by atoms with Crippen molar-refractivity contribution < 1.29 is 18.3 Å². The Kier molecular flexibility index (Phi) is 4.99. The van der Waals surface area contributed by atoms with Crippen LogP contribution in [0.25, 0.3) is 0 Å². The van der Waals surface area contributed by atoms with Gasteiger partial charge in [-0.25, -0.2) is 17.9 Å². The third-order valence-corrected chi connectivity index (χ3v) is 4.81. The Morgan fingerprint density at radius 3 is 2.40 bits per heavy atom. The van der Waals surface area contributed by atoms with Crippen LogP contribution in [-0.4, -0.2) is 30.6 Å². The number of aryl methyl sites for hydroxylation is 1. The van der Waals surface area contributed by atoms with E-state index < -0.39 is 16.0 Å². The molecule has 0 saturated carbocycles. The summed E-state index contributed by atoms with van der Waals surface area (Å²) in [6, 6.07) is 1.19. The van der Waals surface area contributed by atoms with Crippen LogP contribution in [0.1, 0.15) is 44.6 Å². The Morgan fingerprint density at radius 1 is 1.40 bits per heavy atom. The van der Waals surface area contributed by atoms with Crippen LogP contribution in [0.5, 0.6) is 0 Å². The molecule has 0 aromatic carbocycles. The Labute approximate surface area is 119 Å². The van der Waals surface area contributed by atoms with Crippen molar-refractivity contribution in [2.45, 2.75) is 45.6 Å². The molecule has 1 aromatic rings. The quantitative estimate of drug-likeness (QED) is 0.805. The number of carboxylic acid groups (broad SMARTS) is 1. The van der Waals surface area contributed by atoms with Crippen LogP contribution in [0.3, 0.4) is 0 Å². The highest BCUT2D eigenvalue weighted by Gasteiger charge is 2.23. The van der Waals surface area contributed by atoms with Crippen LogP contribution in [0.2, 0.25) is 0 Å². The van der Waals surface area contributed by atoms with E-state index in [1.165, 1.54) is 16.8 Å². The zero-order valence-electron chi connectivity index (χ0n) is 12.3. The first-order chi connectivity index (χ1) is 9.13. The van der Waals surface area contributed by atoms with Crippen LogP contribution in [0.15, 0.2) is 17.2 Å². The molecule has 1 rings (SSSR count). The molecule has 0 bridgehead atoms. The number of aromatic carboxylic acids is 1. The van der Waals surface area contributed by atoms with E-state index in [0.717, 1.165) is 6.42 Å². The number of hydrogen-bond donors (Lipinski definition) is 2. The van der Waals surface area contributed by atoms with Crippen molar-refractivity contribution in [2.75, 3.05) is 6.54 Å². The van der Waals surface area contributed by atoms with Gasteiger partial charge in [0, 0.05) is 19.3 Å². The molecule has 7 heteroatoms. The van der Waals surface area contributed by atoms with E-state index in [9.17, 15) is 13.2 Å². The lowest BCUT2D eigenvalue weighted by atomic mass is 9.91. The Balaban J connectivity index is 3.02. The molecule has 0 unspecified atom stereocenters. The Hall–Kier alpha value is -1.34. The number of carboxylic acids is 1. The Morgan fingerprint density at radius 2 is 2.00 bits per heavy atom. The zero-order valence-corrected chi connectivity index (χ0v) is 13.1. The van der Waals surface area contributed by atoms with Crippen LogP contribution < -0.4 is 4.72 Å². The lowest BCUT2D eigenvalue weighted by Crippen LogP contribution is -2.33. The van der Waals surface area contributed by atoms with Crippen molar-refractivity contribution in [3.05, 3.63) is 18.0 Å². The highest BCUT2D eigenvalue weighted by atomic mass is 32.2. The van der Waals surface area contributed by atoms with Gasteiger partial charge in [0.2, 0.25) is 10.0 Å². The van der Waals surface area contributed by atoms with Crippen LogP contribution in [0, 0.1) is 5.41 Å². The molecule has 1 aromatic heterocycles. The van der Waals surface area contributed by atoms with Gasteiger partial charge in [0.05, 0.1) is 0 Å². The summed E-state index contributed by atoms with van der Waals surface area (Å²) in [5.74, 6) is -1.14. The highest BCUT2D eigenvalue weighted by Crippen LogP contribution is 2.20. The van der Waals surface area contributed by atoms with Crippen molar-refractivity contribution in [3.63, 3.8) is 0 Å². The second kappa shape index (κ2) is 5.97. The summed E-state index contributed by atoms with van der Waals surface area (Å²) in [5.41, 5.74) is -0.168. The minimum absolute atomic E-state index is 0.0105. The Bertz CT molecular complexity index is 588. The van der Waals surface area contributed by atoms with Crippen molar-refractivity contribution in [2.24, 2.45) is 5.41 Å². The molecular weight excluding hydrogens is 280 g/mol. The highest BCUT2D eigenvalue weighted by molar-refractivity contribution is 7.89. The van der Waals surface area contributed by atoms with Crippen LogP contribution in [-0.2, 0) is 16.6 Å². The van der Waals surface area contributed by atoms with Gasteiger partial charge in [-0.3, -0.25) is 0 Å². The molecule has 0 spiro atoms. The summed E-state index contributed by atoms with van der Waals surface area (Å²) < 4.78 is 28.3. The smallest absolute Gasteiger partial charge is 0.352 e. The molecule has 0 amide bonds. The molecule has 0 radical (unpaired) electrons.